The highest BCUT2D eigenvalue weighted by atomic mass is 16.7. The molecule has 0 aromatic heterocycles. The van der Waals surface area contributed by atoms with Gasteiger partial charge in [-0.15, -0.1) is 0 Å². The van der Waals surface area contributed by atoms with Crippen molar-refractivity contribution in [1.82, 2.24) is 0 Å². The van der Waals surface area contributed by atoms with E-state index in [2.05, 4.69) is 0 Å². The lowest BCUT2D eigenvalue weighted by Crippen LogP contribution is -2.17. The number of hydrogen-bond acceptors (Lipinski definition) is 4. The Morgan fingerprint density at radius 1 is 1.31 bits per heavy atom. The molecule has 2 rings (SSSR count). The predicted octanol–water partition coefficient (Wildman–Crippen LogP) is 1.02. The molecular weight excluding hydrogens is 206 g/mol. The number of phenolic OH excluding ortho intramolecular Hbond substituents is 1. The van der Waals surface area contributed by atoms with Gasteiger partial charge in [-0.05, 0) is 30.7 Å². The van der Waals surface area contributed by atoms with E-state index in [-0.39, 0.29) is 18.1 Å². The quantitative estimate of drug-likeness (QED) is 0.800. The van der Waals surface area contributed by atoms with Gasteiger partial charge in [-0.25, -0.2) is 0 Å². The van der Waals surface area contributed by atoms with Gasteiger partial charge in [0.05, 0.1) is 12.7 Å². The fourth-order valence-corrected chi connectivity index (χ4v) is 1.78. The first-order valence-corrected chi connectivity index (χ1v) is 5.53. The summed E-state index contributed by atoms with van der Waals surface area (Å²) in [6.45, 7) is 1.25. The van der Waals surface area contributed by atoms with Crippen LogP contribution in [0.1, 0.15) is 12.0 Å². The second-order valence-electron chi connectivity index (χ2n) is 3.97. The molecule has 16 heavy (non-hydrogen) atoms. The Morgan fingerprint density at radius 3 is 2.75 bits per heavy atom. The minimum atomic E-state index is -0.180. The number of aromatic hydroxyl groups is 1. The summed E-state index contributed by atoms with van der Waals surface area (Å²) in [5, 5.41) is 9.15. The fraction of sp³-hybridized carbons (Fsp3) is 0.500. The average molecular weight is 223 g/mol. The Bertz CT molecular complexity index is 326. The van der Waals surface area contributed by atoms with Gasteiger partial charge in [0.1, 0.15) is 5.75 Å². The van der Waals surface area contributed by atoms with Crippen LogP contribution < -0.4 is 5.73 Å². The monoisotopic (exact) mass is 223 g/mol. The van der Waals surface area contributed by atoms with E-state index >= 15 is 0 Å². The van der Waals surface area contributed by atoms with Crippen LogP contribution in [0.2, 0.25) is 0 Å². The SMILES string of the molecule is NCCC1COC(Cc2ccc(O)cc2)O1. The summed E-state index contributed by atoms with van der Waals surface area (Å²) < 4.78 is 11.2. The fourth-order valence-electron chi connectivity index (χ4n) is 1.78. The molecule has 2 unspecified atom stereocenters. The maximum atomic E-state index is 9.15. The molecule has 88 valence electrons. The summed E-state index contributed by atoms with van der Waals surface area (Å²) in [5.41, 5.74) is 6.55. The zero-order valence-corrected chi connectivity index (χ0v) is 9.13. The van der Waals surface area contributed by atoms with Crippen molar-refractivity contribution in [2.45, 2.75) is 25.2 Å². The van der Waals surface area contributed by atoms with E-state index in [0.717, 1.165) is 12.0 Å². The maximum Gasteiger partial charge on any atom is 0.162 e. The number of nitrogens with two attached hydrogens (primary N) is 1. The first-order chi connectivity index (χ1) is 7.78. The maximum absolute atomic E-state index is 9.15. The molecule has 1 heterocycles. The lowest BCUT2D eigenvalue weighted by atomic mass is 10.1. The molecule has 1 aliphatic heterocycles. The van der Waals surface area contributed by atoms with Crippen molar-refractivity contribution in [3.63, 3.8) is 0 Å². The van der Waals surface area contributed by atoms with E-state index < -0.39 is 0 Å². The van der Waals surface area contributed by atoms with Crippen molar-refractivity contribution < 1.29 is 14.6 Å². The smallest absolute Gasteiger partial charge is 0.162 e. The second kappa shape index (κ2) is 5.30. The number of rotatable bonds is 4. The van der Waals surface area contributed by atoms with E-state index in [1.165, 1.54) is 0 Å². The molecule has 1 aromatic rings. The van der Waals surface area contributed by atoms with E-state index in [1.807, 2.05) is 12.1 Å². The summed E-state index contributed by atoms with van der Waals surface area (Å²) in [6.07, 6.45) is 1.50. The number of phenols is 1. The van der Waals surface area contributed by atoms with Crippen LogP contribution >= 0.6 is 0 Å². The van der Waals surface area contributed by atoms with E-state index in [4.69, 9.17) is 20.3 Å². The van der Waals surface area contributed by atoms with Crippen LogP contribution in [0.4, 0.5) is 0 Å². The number of hydrogen-bond donors (Lipinski definition) is 2. The normalized spacial score (nSPS) is 24.8. The molecule has 4 heteroatoms. The first kappa shape index (κ1) is 11.4. The van der Waals surface area contributed by atoms with Crippen LogP contribution in [0.3, 0.4) is 0 Å². The first-order valence-electron chi connectivity index (χ1n) is 5.53. The molecular formula is C12H17NO3. The van der Waals surface area contributed by atoms with Crippen LogP contribution in [0, 0.1) is 0 Å². The minimum Gasteiger partial charge on any atom is -0.508 e. The van der Waals surface area contributed by atoms with E-state index in [1.54, 1.807) is 12.1 Å². The van der Waals surface area contributed by atoms with Gasteiger partial charge >= 0.3 is 0 Å². The van der Waals surface area contributed by atoms with Crippen LogP contribution in [0.5, 0.6) is 5.75 Å². The molecule has 0 aliphatic carbocycles. The molecule has 1 aromatic carbocycles. The second-order valence-corrected chi connectivity index (χ2v) is 3.97. The van der Waals surface area contributed by atoms with Crippen molar-refractivity contribution in [2.24, 2.45) is 5.73 Å². The van der Waals surface area contributed by atoms with Gasteiger partial charge < -0.3 is 20.3 Å². The zero-order valence-electron chi connectivity index (χ0n) is 9.13. The molecule has 0 radical (unpaired) electrons. The summed E-state index contributed by atoms with van der Waals surface area (Å²) in [5.74, 6) is 0.276. The van der Waals surface area contributed by atoms with Crippen molar-refractivity contribution in [1.29, 1.82) is 0 Å². The topological polar surface area (TPSA) is 64.7 Å². The Kier molecular flexibility index (Phi) is 3.77. The highest BCUT2D eigenvalue weighted by Crippen LogP contribution is 2.19. The van der Waals surface area contributed by atoms with Crippen LogP contribution in [0.15, 0.2) is 24.3 Å². The summed E-state index contributed by atoms with van der Waals surface area (Å²) >= 11 is 0. The highest BCUT2D eigenvalue weighted by molar-refractivity contribution is 5.26. The van der Waals surface area contributed by atoms with Gasteiger partial charge in [0.25, 0.3) is 0 Å². The van der Waals surface area contributed by atoms with Gasteiger partial charge in [0.15, 0.2) is 6.29 Å². The minimum absolute atomic E-state index is 0.132. The Balaban J connectivity index is 1.84. The van der Waals surface area contributed by atoms with E-state index in [9.17, 15) is 0 Å². The van der Waals surface area contributed by atoms with Crippen LogP contribution in [0.25, 0.3) is 0 Å². The summed E-state index contributed by atoms with van der Waals surface area (Å²) in [4.78, 5) is 0. The van der Waals surface area contributed by atoms with Gasteiger partial charge in [-0.2, -0.15) is 0 Å². The van der Waals surface area contributed by atoms with Crippen molar-refractivity contribution in [3.05, 3.63) is 29.8 Å². The van der Waals surface area contributed by atoms with Crippen molar-refractivity contribution >= 4 is 0 Å². The van der Waals surface area contributed by atoms with Crippen molar-refractivity contribution in [2.75, 3.05) is 13.2 Å². The standard InChI is InChI=1S/C12H17NO3/c13-6-5-11-8-15-12(16-11)7-9-1-3-10(14)4-2-9/h1-4,11-12,14H,5-8,13H2. The van der Waals surface area contributed by atoms with Gasteiger partial charge in [0, 0.05) is 6.42 Å². The predicted molar refractivity (Wildman–Crippen MR) is 60.1 cm³/mol. The van der Waals surface area contributed by atoms with Crippen LogP contribution in [-0.2, 0) is 15.9 Å². The number of ether oxygens (including phenoxy) is 2. The lowest BCUT2D eigenvalue weighted by molar-refractivity contribution is -0.0563. The zero-order chi connectivity index (χ0) is 11.4. The van der Waals surface area contributed by atoms with Gasteiger partial charge in [-0.3, -0.25) is 0 Å². The Labute approximate surface area is 95.0 Å². The third-order valence-electron chi connectivity index (χ3n) is 2.64. The average Bonchev–Trinajstić information content (AvgIpc) is 2.70. The molecule has 0 saturated carbocycles. The molecule has 0 spiro atoms. The molecule has 2 atom stereocenters. The van der Waals surface area contributed by atoms with Gasteiger partial charge in [-0.1, -0.05) is 12.1 Å². The van der Waals surface area contributed by atoms with Crippen molar-refractivity contribution in [3.8, 4) is 5.75 Å². The summed E-state index contributed by atoms with van der Waals surface area (Å²) in [7, 11) is 0. The molecule has 3 N–H and O–H groups in total. The molecule has 0 amide bonds. The Hall–Kier alpha value is -1.10. The molecule has 1 fully saturated rings. The highest BCUT2D eigenvalue weighted by Gasteiger charge is 2.25. The van der Waals surface area contributed by atoms with Crippen LogP contribution in [-0.4, -0.2) is 30.7 Å². The summed E-state index contributed by atoms with van der Waals surface area (Å²) in [6, 6.07) is 7.08. The molecule has 0 bridgehead atoms. The number of benzene rings is 1. The lowest BCUT2D eigenvalue weighted by Gasteiger charge is -2.10. The third kappa shape index (κ3) is 2.95. The molecule has 4 nitrogen and oxygen atoms in total. The largest absolute Gasteiger partial charge is 0.508 e. The molecule has 1 saturated heterocycles. The van der Waals surface area contributed by atoms with Gasteiger partial charge in [0.2, 0.25) is 0 Å². The Morgan fingerprint density at radius 2 is 2.06 bits per heavy atom. The van der Waals surface area contributed by atoms with E-state index in [0.29, 0.717) is 19.6 Å². The molecule has 1 aliphatic rings. The third-order valence-corrected chi connectivity index (χ3v) is 2.64.